The fraction of sp³-hybridized carbons (Fsp3) is 0.304. The normalized spacial score (nSPS) is 13.2. The molecule has 4 aromatic heterocycles. The number of methoxy groups -OCH3 is 1. The van der Waals surface area contributed by atoms with E-state index in [4.69, 9.17) is 24.6 Å². The SMILES string of the molecule is COc1ccc(-c2nc(N3CCOCC3)c3sc(CN(C)c4ncc(C(=O)NO)cn4)cc3n2)cn1.[K]. The summed E-state index contributed by atoms with van der Waals surface area (Å²) in [5.74, 6) is 1.79. The van der Waals surface area contributed by atoms with Gasteiger partial charge in [-0.05, 0) is 12.1 Å². The molecule has 0 atom stereocenters. The number of hydroxylamine groups is 1. The number of ether oxygens (including phenoxy) is 2. The second kappa shape index (κ2) is 12.5. The summed E-state index contributed by atoms with van der Waals surface area (Å²) in [5.41, 5.74) is 3.39. The number of carbonyl (C=O) groups excluding carboxylic acids is 1. The Hall–Kier alpha value is -2.30. The summed E-state index contributed by atoms with van der Waals surface area (Å²) in [6, 6.07) is 5.74. The van der Waals surface area contributed by atoms with Crippen LogP contribution in [0.2, 0.25) is 0 Å². The van der Waals surface area contributed by atoms with E-state index in [1.807, 2.05) is 18.0 Å². The van der Waals surface area contributed by atoms with Crippen LogP contribution >= 0.6 is 11.3 Å². The molecule has 1 saturated heterocycles. The summed E-state index contributed by atoms with van der Waals surface area (Å²) in [5, 5.41) is 8.77. The smallest absolute Gasteiger partial charge is 0.277 e. The molecule has 37 heavy (non-hydrogen) atoms. The van der Waals surface area contributed by atoms with Gasteiger partial charge in [0.2, 0.25) is 11.8 Å². The molecule has 0 unspecified atom stereocenters. The van der Waals surface area contributed by atoms with Crippen molar-refractivity contribution in [1.82, 2.24) is 30.4 Å². The van der Waals surface area contributed by atoms with Gasteiger partial charge in [-0.3, -0.25) is 10.0 Å². The van der Waals surface area contributed by atoms with Crippen molar-refractivity contribution in [2.45, 2.75) is 6.54 Å². The maximum Gasteiger partial charge on any atom is 0.277 e. The van der Waals surface area contributed by atoms with Gasteiger partial charge >= 0.3 is 0 Å². The van der Waals surface area contributed by atoms with Crippen LogP contribution in [0.15, 0.2) is 36.8 Å². The molecule has 4 aromatic rings. The molecule has 1 aliphatic heterocycles. The van der Waals surface area contributed by atoms with Crippen molar-refractivity contribution in [3.8, 4) is 17.3 Å². The van der Waals surface area contributed by atoms with Crippen molar-refractivity contribution in [3.63, 3.8) is 0 Å². The zero-order chi connectivity index (χ0) is 25.1. The zero-order valence-corrected chi connectivity index (χ0v) is 24.6. The largest absolute Gasteiger partial charge is 0.481 e. The Balaban J connectivity index is 0.00000320. The first-order valence-electron chi connectivity index (χ1n) is 11.2. The molecule has 5 heterocycles. The minimum Gasteiger partial charge on any atom is -0.481 e. The summed E-state index contributed by atoms with van der Waals surface area (Å²) >= 11 is 1.62. The second-order valence-corrected chi connectivity index (χ2v) is 9.19. The van der Waals surface area contributed by atoms with Crippen LogP contribution in [-0.2, 0) is 11.3 Å². The van der Waals surface area contributed by atoms with E-state index in [2.05, 4.69) is 25.9 Å². The second-order valence-electron chi connectivity index (χ2n) is 8.06. The van der Waals surface area contributed by atoms with Crippen molar-refractivity contribution in [2.24, 2.45) is 0 Å². The summed E-state index contributed by atoms with van der Waals surface area (Å²) in [4.78, 5) is 39.2. The fourth-order valence-electron chi connectivity index (χ4n) is 3.80. The number of pyridine rings is 1. The number of hydrogen-bond donors (Lipinski definition) is 2. The van der Waals surface area contributed by atoms with Crippen molar-refractivity contribution < 1.29 is 19.5 Å². The number of aromatic nitrogens is 5. The first-order chi connectivity index (χ1) is 17.6. The molecule has 0 bridgehead atoms. The summed E-state index contributed by atoms with van der Waals surface area (Å²) in [6.45, 7) is 3.33. The van der Waals surface area contributed by atoms with Gasteiger partial charge in [-0.2, -0.15) is 0 Å². The number of hydrogen-bond acceptors (Lipinski definition) is 12. The number of anilines is 2. The Morgan fingerprint density at radius 2 is 1.95 bits per heavy atom. The van der Waals surface area contributed by atoms with Crippen LogP contribution in [0.5, 0.6) is 5.88 Å². The standard InChI is InChI=1S/C23H24N8O4S.K/c1-30(23-25-11-15(12-26-23)22(32)29-33)13-16-9-17-19(36-16)21(31-5-7-35-8-6-31)28-20(27-17)14-3-4-18(34-2)24-10-14;/h3-4,9-12,33H,5-8,13H2,1-2H3,(H,29,32);. The fourth-order valence-corrected chi connectivity index (χ4v) is 4.96. The summed E-state index contributed by atoms with van der Waals surface area (Å²) in [6.07, 6.45) is 4.45. The number of nitrogens with one attached hydrogen (secondary N) is 1. The van der Waals surface area contributed by atoms with Gasteiger partial charge in [-0.25, -0.2) is 30.4 Å². The van der Waals surface area contributed by atoms with Crippen LogP contribution in [0, 0.1) is 0 Å². The third-order valence-corrected chi connectivity index (χ3v) is 6.76. The Morgan fingerprint density at radius 3 is 2.59 bits per heavy atom. The molecule has 14 heteroatoms. The van der Waals surface area contributed by atoms with E-state index in [0.29, 0.717) is 37.4 Å². The van der Waals surface area contributed by atoms with E-state index in [1.165, 1.54) is 12.4 Å². The molecule has 2 N–H and O–H groups in total. The predicted octanol–water partition coefficient (Wildman–Crippen LogP) is 1.76. The van der Waals surface area contributed by atoms with E-state index < -0.39 is 5.91 Å². The van der Waals surface area contributed by atoms with Gasteiger partial charge in [0.25, 0.3) is 5.91 Å². The molecule has 1 radical (unpaired) electrons. The molecule has 0 aromatic carbocycles. The molecular formula is C23H24KN8O4S. The van der Waals surface area contributed by atoms with Gasteiger partial charge in [0.1, 0.15) is 0 Å². The van der Waals surface area contributed by atoms with Gasteiger partial charge in [0, 0.05) is 107 Å². The van der Waals surface area contributed by atoms with Crippen molar-refractivity contribution in [3.05, 3.63) is 47.2 Å². The number of morpholine rings is 1. The maximum absolute atomic E-state index is 11.5. The van der Waals surface area contributed by atoms with Gasteiger partial charge in [0.05, 0.1) is 42.6 Å². The van der Waals surface area contributed by atoms with E-state index >= 15 is 0 Å². The van der Waals surface area contributed by atoms with Crippen molar-refractivity contribution >= 4 is 90.6 Å². The molecule has 1 amide bonds. The average molecular weight is 548 g/mol. The van der Waals surface area contributed by atoms with E-state index in [0.717, 1.165) is 39.6 Å². The topological polar surface area (TPSA) is 139 Å². The molecule has 187 valence electrons. The van der Waals surface area contributed by atoms with Crippen LogP contribution in [-0.4, -0.2) is 128 Å². The third kappa shape index (κ3) is 6.23. The Bertz CT molecular complexity index is 1360. The number of fused-ring (bicyclic) bond motifs is 1. The molecule has 5 rings (SSSR count). The molecule has 1 aliphatic rings. The Labute approximate surface area is 259 Å². The average Bonchev–Trinajstić information content (AvgIpc) is 3.35. The minimum absolute atomic E-state index is 0. The molecule has 0 saturated carbocycles. The van der Waals surface area contributed by atoms with E-state index in [9.17, 15) is 4.79 Å². The Kier molecular flexibility index (Phi) is 9.36. The van der Waals surface area contributed by atoms with E-state index in [1.54, 1.807) is 36.2 Å². The number of amides is 1. The number of rotatable bonds is 7. The van der Waals surface area contributed by atoms with Gasteiger partial charge in [-0.15, -0.1) is 11.3 Å². The molecular weight excluding hydrogens is 523 g/mol. The summed E-state index contributed by atoms with van der Waals surface area (Å²) < 4.78 is 11.7. The molecule has 1 fully saturated rings. The Morgan fingerprint density at radius 1 is 1.19 bits per heavy atom. The molecule has 0 spiro atoms. The van der Waals surface area contributed by atoms with Crippen LogP contribution in [0.4, 0.5) is 11.8 Å². The predicted molar refractivity (Wildman–Crippen MR) is 139 cm³/mol. The maximum atomic E-state index is 11.5. The van der Waals surface area contributed by atoms with Crippen molar-refractivity contribution in [2.75, 3.05) is 50.3 Å². The van der Waals surface area contributed by atoms with Crippen LogP contribution < -0.4 is 20.0 Å². The van der Waals surface area contributed by atoms with Gasteiger partial charge in [-0.1, -0.05) is 0 Å². The number of carbonyl (C=O) groups is 1. The van der Waals surface area contributed by atoms with Crippen LogP contribution in [0.3, 0.4) is 0 Å². The van der Waals surface area contributed by atoms with Crippen LogP contribution in [0.25, 0.3) is 21.6 Å². The number of nitrogens with zero attached hydrogens (tertiary/aromatic N) is 7. The zero-order valence-electron chi connectivity index (χ0n) is 20.7. The minimum atomic E-state index is -0.661. The van der Waals surface area contributed by atoms with Crippen molar-refractivity contribution in [1.29, 1.82) is 0 Å². The molecule has 0 aliphatic carbocycles. The quantitative estimate of drug-likeness (QED) is 0.199. The first-order valence-corrected chi connectivity index (χ1v) is 12.0. The van der Waals surface area contributed by atoms with E-state index in [-0.39, 0.29) is 56.9 Å². The third-order valence-electron chi connectivity index (χ3n) is 5.66. The monoisotopic (exact) mass is 547 g/mol. The molecule has 12 nitrogen and oxygen atoms in total. The summed E-state index contributed by atoms with van der Waals surface area (Å²) in [7, 11) is 3.45. The first kappa shape index (κ1) is 27.7. The van der Waals surface area contributed by atoms with Gasteiger partial charge < -0.3 is 19.3 Å². The van der Waals surface area contributed by atoms with Gasteiger partial charge in [0.15, 0.2) is 11.6 Å². The van der Waals surface area contributed by atoms with Crippen LogP contribution in [0.1, 0.15) is 15.2 Å². The number of thiophene rings is 1.